The molecular weight excluding hydrogens is 579 g/mol. The molecule has 2 N–H and O–H groups in total. The van der Waals surface area contributed by atoms with Gasteiger partial charge in [-0.2, -0.15) is 23.5 Å². The van der Waals surface area contributed by atoms with Gasteiger partial charge < -0.3 is 25.0 Å². The third kappa shape index (κ3) is 6.30. The molecule has 2 saturated heterocycles. The molecular formula is C29H32F3N9O3. The van der Waals surface area contributed by atoms with Crippen LogP contribution in [0, 0.1) is 24.2 Å². The normalized spacial score (nSPS) is 16.1. The van der Waals surface area contributed by atoms with E-state index < -0.39 is 17.8 Å². The maximum atomic E-state index is 13.6. The lowest BCUT2D eigenvalue weighted by Crippen LogP contribution is -2.52. The number of halogens is 3. The first-order valence-corrected chi connectivity index (χ1v) is 14.2. The van der Waals surface area contributed by atoms with Gasteiger partial charge in [0.2, 0.25) is 5.91 Å². The maximum Gasteiger partial charge on any atom is 0.435 e. The zero-order valence-corrected chi connectivity index (χ0v) is 24.3. The standard InChI is InChI=1S/C29H32F3N9O3/c1-18-15-20(3-4-21(18)28(44)40-13-11-39(12-14-40)27(43)19-5-8-34-9-6-19)36-26(42)25-35-16-23(38(25)2)22-17-41(10-7-33)37-24(22)29(30,31)32/h3-4,15-17,19,34H,5-6,8-14H2,1-2H3,(H,36,42). The van der Waals surface area contributed by atoms with Crippen LogP contribution < -0.4 is 10.6 Å². The molecule has 3 aromatic rings. The molecule has 5 rings (SSSR count). The third-order valence-electron chi connectivity index (χ3n) is 8.01. The molecule has 2 aliphatic heterocycles. The number of carbonyl (C=O) groups is 3. The molecule has 232 valence electrons. The Morgan fingerprint density at radius 3 is 2.43 bits per heavy atom. The summed E-state index contributed by atoms with van der Waals surface area (Å²) < 4.78 is 43.0. The van der Waals surface area contributed by atoms with E-state index in [1.807, 2.05) is 4.90 Å². The molecule has 0 saturated carbocycles. The summed E-state index contributed by atoms with van der Waals surface area (Å²) in [5, 5.41) is 18.3. The summed E-state index contributed by atoms with van der Waals surface area (Å²) in [5.41, 5.74) is -0.0220. The Labute approximate surface area is 251 Å². The number of hydrogen-bond donors (Lipinski definition) is 2. The topological polar surface area (TPSA) is 141 Å². The first kappa shape index (κ1) is 30.7. The molecule has 0 radical (unpaired) electrons. The van der Waals surface area contributed by atoms with Crippen molar-refractivity contribution >= 4 is 23.4 Å². The van der Waals surface area contributed by atoms with Crippen LogP contribution in [0.2, 0.25) is 0 Å². The van der Waals surface area contributed by atoms with Gasteiger partial charge in [0.1, 0.15) is 6.54 Å². The van der Waals surface area contributed by atoms with Crippen molar-refractivity contribution in [2.75, 3.05) is 44.6 Å². The Morgan fingerprint density at radius 2 is 1.80 bits per heavy atom. The molecule has 15 heteroatoms. The minimum Gasteiger partial charge on any atom is -0.339 e. The smallest absolute Gasteiger partial charge is 0.339 e. The first-order valence-electron chi connectivity index (χ1n) is 14.2. The minimum absolute atomic E-state index is 0.00124. The molecule has 2 aromatic heterocycles. The Bertz CT molecular complexity index is 1610. The second kappa shape index (κ2) is 12.5. The van der Waals surface area contributed by atoms with Gasteiger partial charge in [0.05, 0.1) is 23.5 Å². The first-order chi connectivity index (χ1) is 21.0. The average molecular weight is 612 g/mol. The van der Waals surface area contributed by atoms with E-state index >= 15 is 0 Å². The number of nitrogens with one attached hydrogen (secondary N) is 2. The van der Waals surface area contributed by atoms with Crippen molar-refractivity contribution in [1.82, 2.24) is 34.4 Å². The summed E-state index contributed by atoms with van der Waals surface area (Å²) in [7, 11) is 1.41. The fourth-order valence-corrected chi connectivity index (χ4v) is 5.64. The van der Waals surface area contributed by atoms with E-state index in [0.29, 0.717) is 43.0 Å². The van der Waals surface area contributed by atoms with E-state index in [9.17, 15) is 27.6 Å². The van der Waals surface area contributed by atoms with Crippen molar-refractivity contribution in [2.24, 2.45) is 13.0 Å². The van der Waals surface area contributed by atoms with E-state index in [1.54, 1.807) is 36.1 Å². The zero-order chi connectivity index (χ0) is 31.6. The van der Waals surface area contributed by atoms with Gasteiger partial charge in [-0.25, -0.2) is 4.98 Å². The van der Waals surface area contributed by atoms with Crippen LogP contribution in [0.1, 0.15) is 45.1 Å². The van der Waals surface area contributed by atoms with Gasteiger partial charge in [-0.05, 0) is 56.6 Å². The number of benzene rings is 1. The number of anilines is 1. The van der Waals surface area contributed by atoms with Crippen LogP contribution >= 0.6 is 0 Å². The highest BCUT2D eigenvalue weighted by atomic mass is 19.4. The molecule has 0 unspecified atom stereocenters. The van der Waals surface area contributed by atoms with Crippen molar-refractivity contribution in [3.63, 3.8) is 0 Å². The highest BCUT2D eigenvalue weighted by Crippen LogP contribution is 2.36. The molecule has 44 heavy (non-hydrogen) atoms. The van der Waals surface area contributed by atoms with Gasteiger partial charge in [0.25, 0.3) is 11.8 Å². The number of nitriles is 1. The van der Waals surface area contributed by atoms with Crippen LogP contribution in [0.5, 0.6) is 0 Å². The highest BCUT2D eigenvalue weighted by Gasteiger charge is 2.38. The third-order valence-corrected chi connectivity index (χ3v) is 8.01. The van der Waals surface area contributed by atoms with Gasteiger partial charge in [-0.1, -0.05) is 0 Å². The molecule has 1 aromatic carbocycles. The van der Waals surface area contributed by atoms with E-state index in [0.717, 1.165) is 43.0 Å². The summed E-state index contributed by atoms with van der Waals surface area (Å²) >= 11 is 0. The van der Waals surface area contributed by atoms with Crippen molar-refractivity contribution in [3.8, 4) is 17.3 Å². The molecule has 3 amide bonds. The number of rotatable bonds is 6. The number of nitrogens with zero attached hydrogens (tertiary/aromatic N) is 7. The van der Waals surface area contributed by atoms with E-state index in [-0.39, 0.29) is 41.4 Å². The predicted molar refractivity (Wildman–Crippen MR) is 152 cm³/mol. The Balaban J connectivity index is 1.24. The van der Waals surface area contributed by atoms with E-state index in [4.69, 9.17) is 5.26 Å². The molecule has 0 aliphatic carbocycles. The molecule has 0 atom stereocenters. The maximum absolute atomic E-state index is 13.6. The number of aryl methyl sites for hydroxylation is 1. The predicted octanol–water partition coefficient (Wildman–Crippen LogP) is 2.67. The molecule has 12 nitrogen and oxygen atoms in total. The van der Waals surface area contributed by atoms with E-state index in [2.05, 4.69) is 20.7 Å². The van der Waals surface area contributed by atoms with Crippen molar-refractivity contribution in [2.45, 2.75) is 32.5 Å². The van der Waals surface area contributed by atoms with Crippen molar-refractivity contribution in [1.29, 1.82) is 5.26 Å². The van der Waals surface area contributed by atoms with Gasteiger partial charge >= 0.3 is 6.18 Å². The molecule has 2 aliphatic rings. The van der Waals surface area contributed by atoms with E-state index in [1.165, 1.54) is 11.6 Å². The number of amides is 3. The van der Waals surface area contributed by atoms with Crippen molar-refractivity contribution < 1.29 is 27.6 Å². The monoisotopic (exact) mass is 611 g/mol. The number of carbonyl (C=O) groups excluding carboxylic acids is 3. The Kier molecular flexibility index (Phi) is 8.73. The number of hydrogen-bond acceptors (Lipinski definition) is 7. The molecule has 4 heterocycles. The molecule has 0 spiro atoms. The van der Waals surface area contributed by atoms with Gasteiger partial charge in [0.15, 0.2) is 11.5 Å². The fourth-order valence-electron chi connectivity index (χ4n) is 5.64. The second-order valence-corrected chi connectivity index (χ2v) is 10.9. The lowest BCUT2D eigenvalue weighted by Gasteiger charge is -2.37. The Hall–Kier alpha value is -4.71. The average Bonchev–Trinajstić information content (AvgIpc) is 3.60. The molecule has 0 bridgehead atoms. The number of piperidine rings is 1. The fraction of sp³-hybridized carbons (Fsp3) is 0.448. The summed E-state index contributed by atoms with van der Waals surface area (Å²) in [6.45, 7) is 4.88. The summed E-state index contributed by atoms with van der Waals surface area (Å²) in [5.74, 6) is -0.780. The SMILES string of the molecule is Cc1cc(NC(=O)c2ncc(-c3cn(CC#N)nc3C(F)(F)F)n2C)ccc1C(=O)N1CCN(C(=O)C2CCNCC2)CC1. The van der Waals surface area contributed by atoms with Crippen LogP contribution in [0.15, 0.2) is 30.6 Å². The number of alkyl halides is 3. The van der Waals surface area contributed by atoms with Crippen LogP contribution in [0.3, 0.4) is 0 Å². The summed E-state index contributed by atoms with van der Waals surface area (Å²) in [6, 6.07) is 6.58. The largest absolute Gasteiger partial charge is 0.435 e. The second-order valence-electron chi connectivity index (χ2n) is 10.9. The van der Waals surface area contributed by atoms with Gasteiger partial charge in [0, 0.05) is 56.6 Å². The van der Waals surface area contributed by atoms with Gasteiger partial charge in [-0.15, -0.1) is 0 Å². The lowest BCUT2D eigenvalue weighted by molar-refractivity contribution is -0.141. The number of aromatic nitrogens is 4. The van der Waals surface area contributed by atoms with Crippen LogP contribution in [0.25, 0.3) is 11.3 Å². The van der Waals surface area contributed by atoms with Crippen LogP contribution in [0.4, 0.5) is 18.9 Å². The quantitative estimate of drug-likeness (QED) is 0.437. The Morgan fingerprint density at radius 1 is 1.11 bits per heavy atom. The lowest BCUT2D eigenvalue weighted by atomic mass is 9.96. The zero-order valence-electron chi connectivity index (χ0n) is 24.3. The molecule has 2 fully saturated rings. The van der Waals surface area contributed by atoms with Gasteiger partial charge in [-0.3, -0.25) is 19.1 Å². The highest BCUT2D eigenvalue weighted by molar-refractivity contribution is 6.03. The minimum atomic E-state index is -4.78. The number of imidazole rings is 1. The summed E-state index contributed by atoms with van der Waals surface area (Å²) in [6.07, 6.45) is -0.886. The van der Waals surface area contributed by atoms with Crippen molar-refractivity contribution in [3.05, 3.63) is 53.2 Å². The summed E-state index contributed by atoms with van der Waals surface area (Å²) in [4.78, 5) is 46.8. The van der Waals surface area contributed by atoms with Crippen LogP contribution in [-0.2, 0) is 24.6 Å². The van der Waals surface area contributed by atoms with Crippen LogP contribution in [-0.4, -0.2) is 86.1 Å². The number of piperazine rings is 1.